The van der Waals surface area contributed by atoms with Gasteiger partial charge in [0.05, 0.1) is 17.9 Å². The molecule has 0 unspecified atom stereocenters. The number of benzene rings is 2. The first-order chi connectivity index (χ1) is 17.7. The fraction of sp³-hybridized carbons (Fsp3) is 0.250. The van der Waals surface area contributed by atoms with Gasteiger partial charge >= 0.3 is 0 Å². The Morgan fingerprint density at radius 3 is 2.30 bits per heavy atom. The minimum atomic E-state index is 0.667. The number of rotatable bonds is 4. The molecule has 4 rings (SSSR count). The highest BCUT2D eigenvalue weighted by Gasteiger charge is 2.10. The van der Waals surface area contributed by atoms with Crippen LogP contribution in [0.2, 0.25) is 5.02 Å². The fourth-order valence-corrected chi connectivity index (χ4v) is 3.66. The van der Waals surface area contributed by atoms with Gasteiger partial charge in [0.1, 0.15) is 5.82 Å². The molecule has 196 valence electrons. The summed E-state index contributed by atoms with van der Waals surface area (Å²) in [6.07, 6.45) is 5.70. The van der Waals surface area contributed by atoms with E-state index in [1.807, 2.05) is 58.3 Å². The quantitative estimate of drug-likeness (QED) is 0.268. The Kier molecular flexibility index (Phi) is 13.7. The third-order valence-electron chi connectivity index (χ3n) is 5.47. The van der Waals surface area contributed by atoms with Crippen LogP contribution >= 0.6 is 11.6 Å². The molecular weight excluding hydrogens is 476 g/mol. The second-order valence-electron chi connectivity index (χ2n) is 8.32. The third-order valence-corrected chi connectivity index (χ3v) is 5.86. The lowest BCUT2D eigenvalue weighted by atomic mass is 10.0. The smallest absolute Gasteiger partial charge is 0.100 e. The second kappa shape index (κ2) is 16.2. The summed E-state index contributed by atoms with van der Waals surface area (Å²) in [4.78, 5) is 8.63. The highest BCUT2D eigenvalue weighted by atomic mass is 35.5. The average molecular weight is 517 g/mol. The van der Waals surface area contributed by atoms with E-state index in [4.69, 9.17) is 11.6 Å². The minimum absolute atomic E-state index is 0.667. The number of pyridine rings is 1. The molecule has 0 amide bonds. The van der Waals surface area contributed by atoms with Gasteiger partial charge in [-0.05, 0) is 104 Å². The van der Waals surface area contributed by atoms with Gasteiger partial charge in [0.2, 0.25) is 0 Å². The predicted molar refractivity (Wildman–Crippen MR) is 166 cm³/mol. The molecule has 3 aromatic rings. The van der Waals surface area contributed by atoms with E-state index >= 15 is 0 Å². The molecule has 0 atom stereocenters. The SMILES string of the molecule is C/C(=C\C=NCc1ccnc(C)c1)c1cc(C)c(C)c(Cl)c1.C=C.C=C1Nc2ccc(C)cc2N1.CC. The van der Waals surface area contributed by atoms with E-state index < -0.39 is 0 Å². The van der Waals surface area contributed by atoms with Crippen LogP contribution in [-0.4, -0.2) is 11.2 Å². The topological polar surface area (TPSA) is 49.3 Å². The van der Waals surface area contributed by atoms with Crippen LogP contribution in [0.3, 0.4) is 0 Å². The van der Waals surface area contributed by atoms with Crippen molar-refractivity contribution >= 4 is 34.8 Å². The van der Waals surface area contributed by atoms with Crippen molar-refractivity contribution in [3.8, 4) is 0 Å². The van der Waals surface area contributed by atoms with Crippen LogP contribution in [0.25, 0.3) is 5.57 Å². The van der Waals surface area contributed by atoms with Crippen molar-refractivity contribution in [1.82, 2.24) is 4.98 Å². The maximum atomic E-state index is 6.25. The molecule has 0 aliphatic carbocycles. The molecule has 0 fully saturated rings. The largest absolute Gasteiger partial charge is 0.341 e. The lowest BCUT2D eigenvalue weighted by Crippen LogP contribution is -1.94. The number of fused-ring (bicyclic) bond motifs is 1. The lowest BCUT2D eigenvalue weighted by molar-refractivity contribution is 1.05. The van der Waals surface area contributed by atoms with E-state index in [0.29, 0.717) is 6.54 Å². The van der Waals surface area contributed by atoms with Gasteiger partial charge in [0.15, 0.2) is 0 Å². The van der Waals surface area contributed by atoms with Crippen LogP contribution in [0.1, 0.15) is 54.3 Å². The number of halogens is 1. The van der Waals surface area contributed by atoms with Gasteiger partial charge in [-0.25, -0.2) is 0 Å². The number of allylic oxidation sites excluding steroid dienone is 2. The molecule has 0 spiro atoms. The molecule has 1 aliphatic rings. The number of anilines is 2. The van der Waals surface area contributed by atoms with Crippen LogP contribution in [0.4, 0.5) is 11.4 Å². The highest BCUT2D eigenvalue weighted by Crippen LogP contribution is 2.30. The van der Waals surface area contributed by atoms with Gasteiger partial charge in [-0.1, -0.05) is 44.2 Å². The molecule has 0 saturated heterocycles. The van der Waals surface area contributed by atoms with Crippen molar-refractivity contribution < 1.29 is 0 Å². The Bertz CT molecular complexity index is 1220. The third kappa shape index (κ3) is 10.1. The van der Waals surface area contributed by atoms with Gasteiger partial charge in [-0.3, -0.25) is 9.98 Å². The summed E-state index contributed by atoms with van der Waals surface area (Å²) in [6.45, 7) is 24.7. The van der Waals surface area contributed by atoms with Crippen molar-refractivity contribution in [1.29, 1.82) is 0 Å². The standard InChI is InChI=1S/C19H21ClN2.C9H10N2.C2H6.C2H4/c1-13(18-9-14(2)16(4)19(20)11-18)5-7-21-12-17-6-8-22-15(3)10-17;1-6-3-4-8-9(5-6)11-7(2)10-8;2*1-2/h5-11H,12H2,1-4H3;3-5,10-11H,2H2,1H3;1-2H3;1-2H2/b13-5+,21-7?;;;. The van der Waals surface area contributed by atoms with E-state index in [1.165, 1.54) is 16.7 Å². The Morgan fingerprint density at radius 2 is 1.65 bits per heavy atom. The molecule has 37 heavy (non-hydrogen) atoms. The first kappa shape index (κ1) is 31.4. The maximum absolute atomic E-state index is 6.25. The lowest BCUT2D eigenvalue weighted by Gasteiger charge is -2.07. The minimum Gasteiger partial charge on any atom is -0.341 e. The summed E-state index contributed by atoms with van der Waals surface area (Å²) in [7, 11) is 0. The molecule has 1 aliphatic heterocycles. The van der Waals surface area contributed by atoms with Gasteiger partial charge in [-0.15, -0.1) is 13.2 Å². The predicted octanol–water partition coefficient (Wildman–Crippen LogP) is 9.47. The Hall–Kier alpha value is -3.63. The van der Waals surface area contributed by atoms with Crippen molar-refractivity contribution in [3.63, 3.8) is 0 Å². The Morgan fingerprint density at radius 1 is 0.973 bits per heavy atom. The van der Waals surface area contributed by atoms with Gasteiger partial charge in [0.25, 0.3) is 0 Å². The number of nitrogens with zero attached hydrogens (tertiary/aromatic N) is 2. The number of hydrogen-bond acceptors (Lipinski definition) is 4. The van der Waals surface area contributed by atoms with Gasteiger partial charge in [0, 0.05) is 23.1 Å². The zero-order chi connectivity index (χ0) is 28.0. The molecule has 5 heteroatoms. The van der Waals surface area contributed by atoms with Crippen LogP contribution in [-0.2, 0) is 6.54 Å². The summed E-state index contributed by atoms with van der Waals surface area (Å²) < 4.78 is 0. The number of hydrogen-bond donors (Lipinski definition) is 2. The van der Waals surface area contributed by atoms with E-state index in [0.717, 1.165) is 44.6 Å². The van der Waals surface area contributed by atoms with E-state index in [2.05, 4.69) is 91.4 Å². The number of nitrogens with one attached hydrogen (secondary N) is 2. The van der Waals surface area contributed by atoms with Crippen LogP contribution in [0, 0.1) is 27.7 Å². The van der Waals surface area contributed by atoms with Crippen LogP contribution in [0.15, 0.2) is 85.3 Å². The van der Waals surface area contributed by atoms with E-state index in [1.54, 1.807) is 0 Å². The van der Waals surface area contributed by atoms with Crippen molar-refractivity contribution in [2.45, 2.75) is 55.0 Å². The number of aryl methyl sites for hydroxylation is 3. The van der Waals surface area contributed by atoms with Crippen molar-refractivity contribution in [3.05, 3.63) is 119 Å². The van der Waals surface area contributed by atoms with Crippen molar-refractivity contribution in [2.75, 3.05) is 10.6 Å². The normalized spacial score (nSPS) is 11.6. The molecule has 2 heterocycles. The molecule has 2 N–H and O–H groups in total. The first-order valence-electron chi connectivity index (χ1n) is 12.4. The van der Waals surface area contributed by atoms with E-state index in [-0.39, 0.29) is 0 Å². The zero-order valence-corrected chi connectivity index (χ0v) is 24.1. The summed E-state index contributed by atoms with van der Waals surface area (Å²) in [6, 6.07) is 14.4. The van der Waals surface area contributed by atoms with Crippen LogP contribution < -0.4 is 10.6 Å². The average Bonchev–Trinajstić information content (AvgIpc) is 3.26. The monoisotopic (exact) mass is 516 g/mol. The molecule has 2 aromatic carbocycles. The second-order valence-corrected chi connectivity index (χ2v) is 8.73. The van der Waals surface area contributed by atoms with Crippen molar-refractivity contribution in [2.24, 2.45) is 4.99 Å². The zero-order valence-electron chi connectivity index (χ0n) is 23.4. The Labute approximate surface area is 228 Å². The molecule has 1 aromatic heterocycles. The van der Waals surface area contributed by atoms with Gasteiger partial charge in [-0.2, -0.15) is 0 Å². The van der Waals surface area contributed by atoms with Crippen LogP contribution in [0.5, 0.6) is 0 Å². The number of aliphatic imine (C=N–C) groups is 1. The summed E-state index contributed by atoms with van der Waals surface area (Å²) >= 11 is 6.25. The summed E-state index contributed by atoms with van der Waals surface area (Å²) in [5.41, 5.74) is 10.3. The molecule has 0 saturated carbocycles. The fourth-order valence-electron chi connectivity index (χ4n) is 3.39. The molecule has 4 nitrogen and oxygen atoms in total. The highest BCUT2D eigenvalue weighted by molar-refractivity contribution is 6.31. The molecular formula is C32H41ClN4. The Balaban J connectivity index is 0.000000380. The molecule has 0 bridgehead atoms. The van der Waals surface area contributed by atoms with E-state index in [9.17, 15) is 0 Å². The summed E-state index contributed by atoms with van der Waals surface area (Å²) in [5, 5.41) is 7.06. The summed E-state index contributed by atoms with van der Waals surface area (Å²) in [5.74, 6) is 0.852. The van der Waals surface area contributed by atoms with Gasteiger partial charge < -0.3 is 10.6 Å². The first-order valence-corrected chi connectivity index (χ1v) is 12.8. The maximum Gasteiger partial charge on any atom is 0.100 e. The number of aromatic nitrogens is 1. The molecule has 0 radical (unpaired) electrons.